The number of fused-ring (bicyclic) bond motifs is 1. The highest BCUT2D eigenvalue weighted by Gasteiger charge is 2.18. The molecule has 1 aromatic heterocycles. The Balaban J connectivity index is 1.88. The predicted molar refractivity (Wildman–Crippen MR) is 79.1 cm³/mol. The van der Waals surface area contributed by atoms with Gasteiger partial charge < -0.3 is 9.47 Å². The summed E-state index contributed by atoms with van der Waals surface area (Å²) >= 11 is 0. The van der Waals surface area contributed by atoms with Crippen LogP contribution in [0, 0.1) is 0 Å². The largest absolute Gasteiger partial charge is 0.486 e. The number of nitrogens with one attached hydrogen (secondary N) is 1. The lowest BCUT2D eigenvalue weighted by molar-refractivity contribution is 0.171. The summed E-state index contributed by atoms with van der Waals surface area (Å²) in [7, 11) is 0. The van der Waals surface area contributed by atoms with Gasteiger partial charge in [0.25, 0.3) is 0 Å². The van der Waals surface area contributed by atoms with Crippen molar-refractivity contribution in [2.45, 2.75) is 25.9 Å². The van der Waals surface area contributed by atoms with Crippen LogP contribution in [-0.4, -0.2) is 23.0 Å². The molecular weight excluding hydrogens is 268 g/mol. The van der Waals surface area contributed by atoms with Gasteiger partial charge in [0.2, 0.25) is 0 Å². The lowest BCUT2D eigenvalue weighted by Crippen LogP contribution is -2.28. The highest BCUT2D eigenvalue weighted by molar-refractivity contribution is 5.46. The Kier molecular flexibility index (Phi) is 4.08. The van der Waals surface area contributed by atoms with E-state index < -0.39 is 0 Å². The van der Waals surface area contributed by atoms with Crippen LogP contribution in [0.5, 0.6) is 11.5 Å². The maximum Gasteiger partial charge on any atom is 0.161 e. The number of nitrogens with two attached hydrogens (primary N) is 1. The number of ether oxygens (including phenoxy) is 2. The van der Waals surface area contributed by atoms with E-state index in [9.17, 15) is 0 Å². The molecule has 2 aromatic rings. The van der Waals surface area contributed by atoms with Crippen molar-refractivity contribution in [1.82, 2.24) is 15.2 Å². The van der Waals surface area contributed by atoms with E-state index in [-0.39, 0.29) is 6.04 Å². The van der Waals surface area contributed by atoms with Crippen molar-refractivity contribution in [3.63, 3.8) is 0 Å². The molecule has 2 heterocycles. The Labute approximate surface area is 123 Å². The van der Waals surface area contributed by atoms with Gasteiger partial charge >= 0.3 is 0 Å². The third-order valence-corrected chi connectivity index (χ3v) is 3.51. The summed E-state index contributed by atoms with van der Waals surface area (Å²) in [5.74, 6) is 7.28. The highest BCUT2D eigenvalue weighted by Crippen LogP contribution is 2.34. The summed E-state index contributed by atoms with van der Waals surface area (Å²) in [6.07, 6.45) is 4.91. The van der Waals surface area contributed by atoms with Crippen molar-refractivity contribution < 1.29 is 9.47 Å². The Hall–Kier alpha value is -2.05. The minimum absolute atomic E-state index is 0.119. The predicted octanol–water partition coefficient (Wildman–Crippen LogP) is 1.62. The van der Waals surface area contributed by atoms with Gasteiger partial charge in [-0.1, -0.05) is 13.0 Å². The van der Waals surface area contributed by atoms with E-state index in [2.05, 4.69) is 17.4 Å². The van der Waals surface area contributed by atoms with Crippen molar-refractivity contribution in [2.75, 3.05) is 13.2 Å². The molecule has 1 aliphatic rings. The van der Waals surface area contributed by atoms with Gasteiger partial charge in [-0.15, -0.1) is 0 Å². The van der Waals surface area contributed by atoms with Crippen LogP contribution in [0.15, 0.2) is 30.6 Å². The molecule has 0 aliphatic carbocycles. The van der Waals surface area contributed by atoms with E-state index in [1.165, 1.54) is 0 Å². The van der Waals surface area contributed by atoms with Crippen LogP contribution in [0.1, 0.15) is 30.5 Å². The Bertz CT molecular complexity index is 611. The lowest BCUT2D eigenvalue weighted by Gasteiger charge is -2.21. The first-order chi connectivity index (χ1) is 10.3. The monoisotopic (exact) mass is 288 g/mol. The quantitative estimate of drug-likeness (QED) is 0.646. The topological polar surface area (TPSA) is 74.3 Å². The standard InChI is InChI=1S/C15H20N4O2/c1-2-5-19-10-12(9-17-19)15(18-16)11-3-4-13-14(8-11)21-7-6-20-13/h3-4,8-10,15,18H,2,5-7,16H2,1H3. The number of benzene rings is 1. The van der Waals surface area contributed by atoms with Crippen LogP contribution < -0.4 is 20.7 Å². The summed E-state index contributed by atoms with van der Waals surface area (Å²) in [5.41, 5.74) is 4.90. The van der Waals surface area contributed by atoms with Gasteiger partial charge in [-0.05, 0) is 24.1 Å². The van der Waals surface area contributed by atoms with Crippen molar-refractivity contribution in [2.24, 2.45) is 5.84 Å². The molecule has 0 fully saturated rings. The van der Waals surface area contributed by atoms with Crippen molar-refractivity contribution >= 4 is 0 Å². The first-order valence-corrected chi connectivity index (χ1v) is 7.20. The van der Waals surface area contributed by atoms with Gasteiger partial charge in [0.1, 0.15) is 13.2 Å². The molecule has 1 aromatic carbocycles. The second kappa shape index (κ2) is 6.15. The van der Waals surface area contributed by atoms with Crippen LogP contribution in [0.25, 0.3) is 0 Å². The zero-order valence-electron chi connectivity index (χ0n) is 12.1. The Morgan fingerprint density at radius 1 is 1.29 bits per heavy atom. The number of hydrazine groups is 1. The third kappa shape index (κ3) is 2.86. The summed E-state index contributed by atoms with van der Waals surface area (Å²) in [6, 6.07) is 5.77. The molecule has 3 rings (SSSR count). The third-order valence-electron chi connectivity index (χ3n) is 3.51. The average Bonchev–Trinajstić information content (AvgIpc) is 2.97. The number of aromatic nitrogens is 2. The SMILES string of the molecule is CCCn1cc(C(NN)c2ccc3c(c2)OCCO3)cn1. The highest BCUT2D eigenvalue weighted by atomic mass is 16.6. The molecule has 112 valence electrons. The second-order valence-corrected chi connectivity index (χ2v) is 5.04. The fourth-order valence-corrected chi connectivity index (χ4v) is 2.50. The zero-order chi connectivity index (χ0) is 14.7. The molecule has 1 atom stereocenters. The van der Waals surface area contributed by atoms with Gasteiger partial charge in [0.15, 0.2) is 11.5 Å². The van der Waals surface area contributed by atoms with Gasteiger partial charge in [0, 0.05) is 18.3 Å². The molecule has 0 amide bonds. The smallest absolute Gasteiger partial charge is 0.161 e. The van der Waals surface area contributed by atoms with Crippen LogP contribution in [0.4, 0.5) is 0 Å². The van der Waals surface area contributed by atoms with Crippen LogP contribution in [-0.2, 0) is 6.54 Å². The average molecular weight is 288 g/mol. The number of rotatable bonds is 5. The molecule has 0 saturated heterocycles. The zero-order valence-corrected chi connectivity index (χ0v) is 12.1. The molecule has 1 unspecified atom stereocenters. The Morgan fingerprint density at radius 2 is 2.10 bits per heavy atom. The Morgan fingerprint density at radius 3 is 2.86 bits per heavy atom. The van der Waals surface area contributed by atoms with E-state index in [1.54, 1.807) is 0 Å². The summed E-state index contributed by atoms with van der Waals surface area (Å²) in [4.78, 5) is 0. The fourth-order valence-electron chi connectivity index (χ4n) is 2.50. The lowest BCUT2D eigenvalue weighted by atomic mass is 10.0. The molecule has 0 radical (unpaired) electrons. The maximum atomic E-state index is 5.74. The van der Waals surface area contributed by atoms with Crippen molar-refractivity contribution in [3.8, 4) is 11.5 Å². The summed E-state index contributed by atoms with van der Waals surface area (Å²) in [5, 5.41) is 4.35. The van der Waals surface area contributed by atoms with Crippen molar-refractivity contribution in [3.05, 3.63) is 41.7 Å². The molecule has 3 N–H and O–H groups in total. The molecule has 6 heteroatoms. The minimum atomic E-state index is -0.119. The molecule has 0 spiro atoms. The maximum absolute atomic E-state index is 5.74. The molecule has 0 saturated carbocycles. The van der Waals surface area contributed by atoms with Gasteiger partial charge in [-0.3, -0.25) is 10.5 Å². The van der Waals surface area contributed by atoms with E-state index in [0.717, 1.165) is 35.6 Å². The minimum Gasteiger partial charge on any atom is -0.486 e. The van der Waals surface area contributed by atoms with Crippen LogP contribution in [0.3, 0.4) is 0 Å². The number of aryl methyl sites for hydroxylation is 1. The van der Waals surface area contributed by atoms with Crippen LogP contribution in [0.2, 0.25) is 0 Å². The van der Waals surface area contributed by atoms with Crippen LogP contribution >= 0.6 is 0 Å². The van der Waals surface area contributed by atoms with E-state index in [1.807, 2.05) is 35.3 Å². The molecular formula is C15H20N4O2. The first-order valence-electron chi connectivity index (χ1n) is 7.20. The fraction of sp³-hybridized carbons (Fsp3) is 0.400. The molecule has 6 nitrogen and oxygen atoms in total. The van der Waals surface area contributed by atoms with Crippen molar-refractivity contribution in [1.29, 1.82) is 0 Å². The van der Waals surface area contributed by atoms with Gasteiger partial charge in [-0.25, -0.2) is 5.43 Å². The number of hydrogen-bond donors (Lipinski definition) is 2. The summed E-state index contributed by atoms with van der Waals surface area (Å²) < 4.78 is 13.1. The number of hydrogen-bond acceptors (Lipinski definition) is 5. The number of nitrogens with zero attached hydrogens (tertiary/aromatic N) is 2. The molecule has 1 aliphatic heterocycles. The summed E-state index contributed by atoms with van der Waals surface area (Å²) in [6.45, 7) is 4.19. The second-order valence-electron chi connectivity index (χ2n) is 5.04. The molecule has 21 heavy (non-hydrogen) atoms. The van der Waals surface area contributed by atoms with E-state index in [4.69, 9.17) is 15.3 Å². The molecule has 0 bridgehead atoms. The normalized spacial score (nSPS) is 15.0. The van der Waals surface area contributed by atoms with Gasteiger partial charge in [-0.2, -0.15) is 5.10 Å². The van der Waals surface area contributed by atoms with E-state index >= 15 is 0 Å². The first kappa shape index (κ1) is 13.9. The van der Waals surface area contributed by atoms with Gasteiger partial charge in [0.05, 0.1) is 12.2 Å². The van der Waals surface area contributed by atoms with E-state index in [0.29, 0.717) is 13.2 Å².